The number of hydrogen-bond acceptors (Lipinski definition) is 4. The number of aliphatic imine (C=N–C) groups is 1. The zero-order chi connectivity index (χ0) is 22.4. The van der Waals surface area contributed by atoms with Gasteiger partial charge in [0.15, 0.2) is 11.8 Å². The summed E-state index contributed by atoms with van der Waals surface area (Å²) < 4.78 is 40.9. The van der Waals surface area contributed by atoms with E-state index in [2.05, 4.69) is 37.6 Å². The van der Waals surface area contributed by atoms with Crippen molar-refractivity contribution in [1.29, 1.82) is 0 Å². The van der Waals surface area contributed by atoms with Crippen molar-refractivity contribution < 1.29 is 13.2 Å². The number of likely N-dealkylation sites (N-methyl/N-ethyl adjacent to an activating group) is 1. The van der Waals surface area contributed by atoms with E-state index in [-0.39, 0.29) is 6.54 Å². The van der Waals surface area contributed by atoms with Gasteiger partial charge in [0, 0.05) is 19.6 Å². The van der Waals surface area contributed by atoms with Crippen molar-refractivity contribution in [2.24, 2.45) is 12.0 Å². The predicted molar refractivity (Wildman–Crippen MR) is 113 cm³/mol. The minimum atomic E-state index is -4.37. The van der Waals surface area contributed by atoms with Crippen LogP contribution in [0.4, 0.5) is 13.2 Å². The van der Waals surface area contributed by atoms with Gasteiger partial charge in [0.25, 0.3) is 0 Å². The smallest absolute Gasteiger partial charge is 0.355 e. The van der Waals surface area contributed by atoms with Gasteiger partial charge < -0.3 is 15.2 Å². The second-order valence-electron chi connectivity index (χ2n) is 7.74. The van der Waals surface area contributed by atoms with Gasteiger partial charge >= 0.3 is 6.18 Å². The highest BCUT2D eigenvalue weighted by molar-refractivity contribution is 5.79. The van der Waals surface area contributed by atoms with Crippen LogP contribution in [0, 0.1) is 6.92 Å². The molecule has 1 atom stereocenters. The fraction of sp³-hybridized carbons (Fsp3) is 0.571. The Morgan fingerprint density at radius 2 is 2.06 bits per heavy atom. The molecule has 0 aliphatic carbocycles. The molecule has 31 heavy (non-hydrogen) atoms. The van der Waals surface area contributed by atoms with Gasteiger partial charge in [-0.15, -0.1) is 10.2 Å². The van der Waals surface area contributed by atoms with E-state index in [1.807, 2.05) is 18.5 Å². The van der Waals surface area contributed by atoms with Crippen LogP contribution in [-0.2, 0) is 26.3 Å². The molecule has 2 aromatic rings. The fourth-order valence-electron chi connectivity index (χ4n) is 3.72. The van der Waals surface area contributed by atoms with Gasteiger partial charge in [-0.05, 0) is 50.6 Å². The highest BCUT2D eigenvalue weighted by atomic mass is 19.4. The molecule has 1 fully saturated rings. The highest BCUT2D eigenvalue weighted by Crippen LogP contribution is 2.29. The molecular formula is C21H30F3N7. The van der Waals surface area contributed by atoms with Gasteiger partial charge in [-0.3, -0.25) is 4.90 Å². The van der Waals surface area contributed by atoms with Gasteiger partial charge in [-0.1, -0.05) is 19.1 Å². The number of benzene rings is 1. The molecule has 2 N–H and O–H groups in total. The van der Waals surface area contributed by atoms with Crippen molar-refractivity contribution in [2.75, 3.05) is 19.6 Å². The van der Waals surface area contributed by atoms with Gasteiger partial charge in [-0.2, -0.15) is 13.2 Å². The molecule has 1 aliphatic rings. The Kier molecular flexibility index (Phi) is 7.53. The number of halogens is 3. The van der Waals surface area contributed by atoms with Crippen LogP contribution >= 0.6 is 0 Å². The van der Waals surface area contributed by atoms with E-state index in [0.29, 0.717) is 24.1 Å². The van der Waals surface area contributed by atoms with Crippen LogP contribution in [0.25, 0.3) is 0 Å². The van der Waals surface area contributed by atoms with Crippen LogP contribution in [0.5, 0.6) is 0 Å². The maximum absolute atomic E-state index is 13.0. The molecule has 1 aromatic heterocycles. The Hall–Kier alpha value is -2.62. The van der Waals surface area contributed by atoms with Crippen molar-refractivity contribution in [3.8, 4) is 0 Å². The van der Waals surface area contributed by atoms with E-state index in [9.17, 15) is 13.2 Å². The third-order valence-corrected chi connectivity index (χ3v) is 5.68. The van der Waals surface area contributed by atoms with E-state index in [4.69, 9.17) is 0 Å². The molecule has 0 saturated carbocycles. The second kappa shape index (κ2) is 10.1. The summed E-state index contributed by atoms with van der Waals surface area (Å²) in [5, 5.41) is 14.8. The van der Waals surface area contributed by atoms with E-state index in [1.165, 1.54) is 12.5 Å². The average molecular weight is 438 g/mol. The average Bonchev–Trinajstić information content (AvgIpc) is 3.33. The third kappa shape index (κ3) is 6.19. The Bertz CT molecular complexity index is 891. The molecule has 1 unspecified atom stereocenters. The molecule has 1 aliphatic heterocycles. The van der Waals surface area contributed by atoms with E-state index < -0.39 is 11.7 Å². The number of guanidine groups is 1. The number of aryl methyl sites for hydroxylation is 1. The second-order valence-corrected chi connectivity index (χ2v) is 7.74. The molecule has 1 saturated heterocycles. The minimum Gasteiger partial charge on any atom is -0.355 e. The number of likely N-dealkylation sites (tertiary alicyclic amines) is 1. The van der Waals surface area contributed by atoms with Crippen LogP contribution in [0.3, 0.4) is 0 Å². The number of nitrogens with one attached hydrogen (secondary N) is 2. The Morgan fingerprint density at radius 3 is 2.74 bits per heavy atom. The molecule has 0 radical (unpaired) electrons. The summed E-state index contributed by atoms with van der Waals surface area (Å²) in [5.74, 6) is 2.10. The standard InChI is InChI=1S/C21H30F3N7/c1-4-31-10-6-9-18(31)13-26-20(27-14-19-29-28-15(2)30(19)3)25-12-16-7-5-8-17(11-16)21(22,23)24/h5,7-8,11,18H,4,6,9-10,12-14H2,1-3H3,(H2,25,26,27). The van der Waals surface area contributed by atoms with E-state index >= 15 is 0 Å². The van der Waals surface area contributed by atoms with Crippen molar-refractivity contribution >= 4 is 5.96 Å². The van der Waals surface area contributed by atoms with Crippen LogP contribution in [0.2, 0.25) is 0 Å². The van der Waals surface area contributed by atoms with Crippen LogP contribution in [0.15, 0.2) is 29.3 Å². The monoisotopic (exact) mass is 437 g/mol. The summed E-state index contributed by atoms with van der Waals surface area (Å²) >= 11 is 0. The maximum Gasteiger partial charge on any atom is 0.416 e. The first kappa shape index (κ1) is 23.1. The first-order chi connectivity index (χ1) is 14.8. The van der Waals surface area contributed by atoms with E-state index in [0.717, 1.165) is 49.8 Å². The quantitative estimate of drug-likeness (QED) is 0.515. The van der Waals surface area contributed by atoms with Gasteiger partial charge in [0.1, 0.15) is 5.82 Å². The summed E-state index contributed by atoms with van der Waals surface area (Å²) in [6.07, 6.45) is -2.08. The van der Waals surface area contributed by atoms with Gasteiger partial charge in [0.05, 0.1) is 18.7 Å². The SMILES string of the molecule is CCN1CCCC1CNC(=NCc1cccc(C(F)(F)F)c1)NCc1nnc(C)n1C. The lowest BCUT2D eigenvalue weighted by Gasteiger charge is -2.24. The lowest BCUT2D eigenvalue weighted by Crippen LogP contribution is -2.44. The molecule has 0 amide bonds. The van der Waals surface area contributed by atoms with Crippen LogP contribution in [-0.4, -0.2) is 51.3 Å². The van der Waals surface area contributed by atoms with Crippen LogP contribution < -0.4 is 10.6 Å². The third-order valence-electron chi connectivity index (χ3n) is 5.68. The van der Waals surface area contributed by atoms with Crippen molar-refractivity contribution in [2.45, 2.75) is 52.0 Å². The number of alkyl halides is 3. The summed E-state index contributed by atoms with van der Waals surface area (Å²) in [4.78, 5) is 6.95. The fourth-order valence-corrected chi connectivity index (χ4v) is 3.72. The summed E-state index contributed by atoms with van der Waals surface area (Å²) in [5.41, 5.74) is -0.164. The number of nitrogens with zero attached hydrogens (tertiary/aromatic N) is 5. The number of aromatic nitrogens is 3. The Balaban J connectivity index is 1.70. The largest absolute Gasteiger partial charge is 0.416 e. The molecule has 1 aromatic carbocycles. The van der Waals surface area contributed by atoms with Crippen molar-refractivity contribution in [1.82, 2.24) is 30.3 Å². The normalized spacial score (nSPS) is 17.9. The van der Waals surface area contributed by atoms with Crippen molar-refractivity contribution in [3.63, 3.8) is 0 Å². The summed E-state index contributed by atoms with van der Waals surface area (Å²) in [6, 6.07) is 5.69. The zero-order valence-electron chi connectivity index (χ0n) is 18.2. The molecule has 0 spiro atoms. The number of hydrogen-bond donors (Lipinski definition) is 2. The lowest BCUT2D eigenvalue weighted by molar-refractivity contribution is -0.137. The molecule has 7 nitrogen and oxygen atoms in total. The summed E-state index contributed by atoms with van der Waals surface area (Å²) in [6.45, 7) is 7.37. The summed E-state index contributed by atoms with van der Waals surface area (Å²) in [7, 11) is 1.89. The molecule has 10 heteroatoms. The van der Waals surface area contributed by atoms with Gasteiger partial charge in [0.2, 0.25) is 0 Å². The topological polar surface area (TPSA) is 70.4 Å². The molecule has 2 heterocycles. The Morgan fingerprint density at radius 1 is 1.26 bits per heavy atom. The molecule has 3 rings (SSSR count). The first-order valence-corrected chi connectivity index (χ1v) is 10.5. The maximum atomic E-state index is 13.0. The van der Waals surface area contributed by atoms with Crippen molar-refractivity contribution in [3.05, 3.63) is 47.0 Å². The van der Waals surface area contributed by atoms with E-state index in [1.54, 1.807) is 6.07 Å². The molecule has 170 valence electrons. The van der Waals surface area contributed by atoms with Crippen LogP contribution in [0.1, 0.15) is 42.5 Å². The number of rotatable bonds is 7. The molecular weight excluding hydrogens is 407 g/mol. The lowest BCUT2D eigenvalue weighted by atomic mass is 10.1. The highest BCUT2D eigenvalue weighted by Gasteiger charge is 2.30. The minimum absolute atomic E-state index is 0.138. The van der Waals surface area contributed by atoms with Gasteiger partial charge in [-0.25, -0.2) is 4.99 Å². The first-order valence-electron chi connectivity index (χ1n) is 10.5. The Labute approximate surface area is 180 Å². The molecule has 0 bridgehead atoms. The predicted octanol–water partition coefficient (Wildman–Crippen LogP) is 2.86. The zero-order valence-corrected chi connectivity index (χ0v) is 18.2.